The van der Waals surface area contributed by atoms with Crippen LogP contribution in [-0.4, -0.2) is 58.1 Å². The first-order valence-corrected chi connectivity index (χ1v) is 11.6. The second-order valence-corrected chi connectivity index (χ2v) is 8.62. The average molecular weight is 458 g/mol. The van der Waals surface area contributed by atoms with E-state index in [1.165, 1.54) is 29.3 Å². The number of allylic oxidation sites excluding steroid dienone is 1. The van der Waals surface area contributed by atoms with Crippen molar-refractivity contribution in [1.29, 1.82) is 0 Å². The van der Waals surface area contributed by atoms with Gasteiger partial charge in [0.2, 0.25) is 0 Å². The highest BCUT2D eigenvalue weighted by molar-refractivity contribution is 5.94. The first-order chi connectivity index (χ1) is 16.5. The van der Waals surface area contributed by atoms with Crippen molar-refractivity contribution >= 4 is 11.9 Å². The van der Waals surface area contributed by atoms with Gasteiger partial charge in [0.1, 0.15) is 0 Å². The topological polar surface area (TPSA) is 90.0 Å². The number of phenols is 2. The third-order valence-corrected chi connectivity index (χ3v) is 6.29. The second-order valence-electron chi connectivity index (χ2n) is 8.62. The molecule has 1 heterocycles. The van der Waals surface area contributed by atoms with Crippen LogP contribution in [0.25, 0.3) is 6.08 Å². The van der Waals surface area contributed by atoms with Gasteiger partial charge in [-0.25, -0.2) is 0 Å². The van der Waals surface area contributed by atoms with Crippen molar-refractivity contribution in [3.63, 3.8) is 0 Å². The molecule has 0 radical (unpaired) electrons. The fourth-order valence-electron chi connectivity index (χ4n) is 4.45. The number of hydrogen-bond acceptors (Lipinski definition) is 6. The van der Waals surface area contributed by atoms with Crippen molar-refractivity contribution in [2.75, 3.05) is 26.2 Å². The first kappa shape index (κ1) is 23.7. The van der Waals surface area contributed by atoms with E-state index < -0.39 is 0 Å². The van der Waals surface area contributed by atoms with E-state index in [0.29, 0.717) is 5.56 Å². The molecule has 1 atom stereocenters. The molecule has 3 aromatic carbocycles. The number of benzene rings is 3. The van der Waals surface area contributed by atoms with E-state index in [2.05, 4.69) is 58.3 Å². The van der Waals surface area contributed by atoms with Crippen molar-refractivity contribution in [2.24, 2.45) is 5.73 Å². The van der Waals surface area contributed by atoms with E-state index in [1.54, 1.807) is 12.1 Å². The Bertz CT molecular complexity index is 1070. The summed E-state index contributed by atoms with van der Waals surface area (Å²) in [5.74, 6) is -0.478. The summed E-state index contributed by atoms with van der Waals surface area (Å²) in [6.45, 7) is 3.30. The monoisotopic (exact) mass is 457 g/mol. The van der Waals surface area contributed by atoms with Crippen LogP contribution in [0.15, 0.2) is 84.9 Å². The van der Waals surface area contributed by atoms with Crippen molar-refractivity contribution in [3.8, 4) is 11.5 Å². The van der Waals surface area contributed by atoms with Gasteiger partial charge in [0.05, 0.1) is 12.2 Å². The summed E-state index contributed by atoms with van der Waals surface area (Å²) in [6, 6.07) is 25.7. The molecule has 1 saturated heterocycles. The summed E-state index contributed by atoms with van der Waals surface area (Å²) >= 11 is 0. The Morgan fingerprint density at radius 1 is 0.824 bits per heavy atom. The lowest BCUT2D eigenvalue weighted by atomic mass is 9.96. The molecular formula is C28H31N3O3. The molecule has 0 aliphatic carbocycles. The molecule has 6 heteroatoms. The number of rotatable bonds is 8. The predicted octanol–water partition coefficient (Wildman–Crippen LogP) is 3.76. The molecule has 176 valence electrons. The Kier molecular flexibility index (Phi) is 7.75. The van der Waals surface area contributed by atoms with Crippen LogP contribution < -0.4 is 5.73 Å². The van der Waals surface area contributed by atoms with Gasteiger partial charge in [-0.1, -0.05) is 72.8 Å². The summed E-state index contributed by atoms with van der Waals surface area (Å²) in [5.41, 5.74) is 9.56. The van der Waals surface area contributed by atoms with Crippen molar-refractivity contribution < 1.29 is 15.0 Å². The number of phenolic OH excluding ortho intramolecular Hbond substituents is 2. The minimum absolute atomic E-state index is 0.0751. The van der Waals surface area contributed by atoms with Gasteiger partial charge in [0.15, 0.2) is 17.3 Å². The molecule has 3 aromatic rings. The molecule has 1 aliphatic heterocycles. The molecule has 4 N–H and O–H groups in total. The van der Waals surface area contributed by atoms with Gasteiger partial charge in [-0.2, -0.15) is 0 Å². The van der Waals surface area contributed by atoms with Crippen LogP contribution in [0.1, 0.15) is 29.2 Å². The number of nitrogens with zero attached hydrogens (tertiary/aromatic N) is 2. The van der Waals surface area contributed by atoms with Gasteiger partial charge in [-0.15, -0.1) is 0 Å². The molecule has 4 rings (SSSR count). The van der Waals surface area contributed by atoms with E-state index in [1.807, 2.05) is 12.1 Å². The standard InChI is InChI=1S/C28H31N3O3/c29-27(20-24(32)13-11-21-12-14-25(33)26(34)19-21)30-15-17-31(18-16-30)28(22-7-3-1-4-8-22)23-9-5-2-6-10-23/h1-14,19,27-28,33-34H,15-18,20,29H2. The minimum atomic E-state index is -0.348. The van der Waals surface area contributed by atoms with E-state index in [0.717, 1.165) is 26.2 Å². The smallest absolute Gasteiger partial charge is 0.158 e. The molecule has 0 saturated carbocycles. The minimum Gasteiger partial charge on any atom is -0.504 e. The molecule has 1 unspecified atom stereocenters. The highest BCUT2D eigenvalue weighted by Crippen LogP contribution is 2.30. The summed E-state index contributed by atoms with van der Waals surface area (Å²) in [7, 11) is 0. The van der Waals surface area contributed by atoms with E-state index in [4.69, 9.17) is 5.73 Å². The van der Waals surface area contributed by atoms with Crippen LogP contribution >= 0.6 is 0 Å². The van der Waals surface area contributed by atoms with Gasteiger partial charge in [0.25, 0.3) is 0 Å². The van der Waals surface area contributed by atoms with Gasteiger partial charge in [-0.3, -0.25) is 14.6 Å². The van der Waals surface area contributed by atoms with Crippen LogP contribution in [0, 0.1) is 0 Å². The Labute approximate surface area is 200 Å². The SMILES string of the molecule is NC(CC(=O)C=Cc1ccc(O)c(O)c1)N1CCN(C(c2ccccc2)c2ccccc2)CC1. The third-order valence-electron chi connectivity index (χ3n) is 6.29. The van der Waals surface area contributed by atoms with Crippen LogP contribution in [-0.2, 0) is 4.79 Å². The Morgan fingerprint density at radius 3 is 1.94 bits per heavy atom. The second kappa shape index (κ2) is 11.1. The fraction of sp³-hybridized carbons (Fsp3) is 0.250. The lowest BCUT2D eigenvalue weighted by Crippen LogP contribution is -2.54. The summed E-state index contributed by atoms with van der Waals surface area (Å²) < 4.78 is 0. The molecule has 6 nitrogen and oxygen atoms in total. The Hall–Kier alpha value is -3.45. The van der Waals surface area contributed by atoms with Gasteiger partial charge in [-0.05, 0) is 34.9 Å². The molecule has 34 heavy (non-hydrogen) atoms. The number of piperazine rings is 1. The number of nitrogens with two attached hydrogens (primary N) is 1. The lowest BCUT2D eigenvalue weighted by Gasteiger charge is -2.41. The zero-order chi connectivity index (χ0) is 23.9. The molecule has 0 amide bonds. The van der Waals surface area contributed by atoms with Crippen LogP contribution in [0.4, 0.5) is 0 Å². The van der Waals surface area contributed by atoms with Crippen LogP contribution in [0.5, 0.6) is 11.5 Å². The number of aromatic hydroxyl groups is 2. The number of carbonyl (C=O) groups is 1. The summed E-state index contributed by atoms with van der Waals surface area (Å²) in [5, 5.41) is 19.0. The molecule has 0 spiro atoms. The number of ketones is 1. The van der Waals surface area contributed by atoms with Gasteiger partial charge in [0, 0.05) is 32.6 Å². The molecule has 0 bridgehead atoms. The maximum Gasteiger partial charge on any atom is 0.158 e. The van der Waals surface area contributed by atoms with Gasteiger partial charge >= 0.3 is 0 Å². The highest BCUT2D eigenvalue weighted by atomic mass is 16.3. The fourth-order valence-corrected chi connectivity index (χ4v) is 4.45. The van der Waals surface area contributed by atoms with Crippen molar-refractivity contribution in [1.82, 2.24) is 9.80 Å². The Morgan fingerprint density at radius 2 is 1.38 bits per heavy atom. The highest BCUT2D eigenvalue weighted by Gasteiger charge is 2.28. The predicted molar refractivity (Wildman–Crippen MR) is 134 cm³/mol. The van der Waals surface area contributed by atoms with Crippen LogP contribution in [0.2, 0.25) is 0 Å². The van der Waals surface area contributed by atoms with Gasteiger partial charge < -0.3 is 15.9 Å². The molecule has 0 aromatic heterocycles. The third kappa shape index (κ3) is 5.91. The molecule has 1 fully saturated rings. The summed E-state index contributed by atoms with van der Waals surface area (Å²) in [4.78, 5) is 17.1. The van der Waals surface area contributed by atoms with E-state index in [-0.39, 0.29) is 35.9 Å². The average Bonchev–Trinajstić information content (AvgIpc) is 2.87. The quantitative estimate of drug-likeness (QED) is 0.353. The van der Waals surface area contributed by atoms with Crippen molar-refractivity contribution in [3.05, 3.63) is 102 Å². The molecule has 1 aliphatic rings. The zero-order valence-electron chi connectivity index (χ0n) is 19.1. The van der Waals surface area contributed by atoms with Crippen LogP contribution in [0.3, 0.4) is 0 Å². The maximum absolute atomic E-state index is 12.4. The summed E-state index contributed by atoms with van der Waals surface area (Å²) in [6.07, 6.45) is 2.97. The maximum atomic E-state index is 12.4. The normalized spacial score (nSPS) is 16.2. The largest absolute Gasteiger partial charge is 0.504 e. The van der Waals surface area contributed by atoms with E-state index in [9.17, 15) is 15.0 Å². The van der Waals surface area contributed by atoms with E-state index >= 15 is 0 Å². The number of hydrogen-bond donors (Lipinski definition) is 3. The lowest BCUT2D eigenvalue weighted by molar-refractivity contribution is -0.115. The Balaban J connectivity index is 1.35. The van der Waals surface area contributed by atoms with Crippen molar-refractivity contribution in [2.45, 2.75) is 18.6 Å². The zero-order valence-corrected chi connectivity index (χ0v) is 19.1. The number of carbonyl (C=O) groups excluding carboxylic acids is 1. The molecular weight excluding hydrogens is 426 g/mol. The first-order valence-electron chi connectivity index (χ1n) is 11.6.